The van der Waals surface area contributed by atoms with E-state index in [1.807, 2.05) is 34.6 Å². The zero-order chi connectivity index (χ0) is 12.0. The minimum atomic E-state index is 0.0219. The van der Waals surface area contributed by atoms with Gasteiger partial charge in [0.2, 0.25) is 0 Å². The van der Waals surface area contributed by atoms with Gasteiger partial charge in [0.05, 0.1) is 0 Å². The van der Waals surface area contributed by atoms with Crippen molar-refractivity contribution in [2.45, 2.75) is 40.5 Å². The summed E-state index contributed by atoms with van der Waals surface area (Å²) in [4.78, 5) is 16.8. The van der Waals surface area contributed by atoms with Crippen molar-refractivity contribution >= 4 is 5.65 Å². The highest BCUT2D eigenvalue weighted by atomic mass is 16.1. The molecule has 0 aliphatic rings. The molecule has 86 valence electrons. The molecule has 0 saturated heterocycles. The van der Waals surface area contributed by atoms with Crippen LogP contribution in [0, 0.1) is 20.8 Å². The second-order valence-corrected chi connectivity index (χ2v) is 4.59. The number of rotatable bonds is 1. The van der Waals surface area contributed by atoms with Gasteiger partial charge in [0.1, 0.15) is 0 Å². The predicted octanol–water partition coefficient (Wildman–Crippen LogP) is 2.07. The zero-order valence-electron chi connectivity index (χ0n) is 10.4. The molecule has 0 radical (unpaired) electrons. The van der Waals surface area contributed by atoms with Gasteiger partial charge in [-0.3, -0.25) is 9.89 Å². The van der Waals surface area contributed by atoms with Crippen LogP contribution in [-0.2, 0) is 0 Å². The topological polar surface area (TPSA) is 50.2 Å². The lowest BCUT2D eigenvalue weighted by Gasteiger charge is -2.08. The molecule has 0 saturated carbocycles. The SMILES string of the molecule is Cc1nc2c(C)c(C)[nH]n2c(=O)c1C(C)C. The van der Waals surface area contributed by atoms with E-state index in [-0.39, 0.29) is 11.5 Å². The summed E-state index contributed by atoms with van der Waals surface area (Å²) in [5.74, 6) is 0.195. The number of hydrogen-bond acceptors (Lipinski definition) is 2. The van der Waals surface area contributed by atoms with Crippen LogP contribution in [-0.4, -0.2) is 14.6 Å². The highest BCUT2D eigenvalue weighted by Gasteiger charge is 2.15. The number of aromatic amines is 1. The van der Waals surface area contributed by atoms with Gasteiger partial charge in [0, 0.05) is 22.5 Å². The lowest BCUT2D eigenvalue weighted by atomic mass is 10.0. The maximum absolute atomic E-state index is 12.2. The lowest BCUT2D eigenvalue weighted by molar-refractivity contribution is 0.776. The van der Waals surface area contributed by atoms with E-state index in [1.165, 1.54) is 0 Å². The van der Waals surface area contributed by atoms with Crippen LogP contribution in [0.5, 0.6) is 0 Å². The Morgan fingerprint density at radius 2 is 1.88 bits per heavy atom. The van der Waals surface area contributed by atoms with E-state index in [2.05, 4.69) is 10.1 Å². The average Bonchev–Trinajstić information content (AvgIpc) is 2.45. The molecule has 0 aliphatic carbocycles. The van der Waals surface area contributed by atoms with E-state index < -0.39 is 0 Å². The Morgan fingerprint density at radius 3 is 2.44 bits per heavy atom. The third-order valence-electron chi connectivity index (χ3n) is 3.06. The largest absolute Gasteiger partial charge is 0.294 e. The monoisotopic (exact) mass is 219 g/mol. The molecule has 2 heterocycles. The Balaban J connectivity index is 2.95. The summed E-state index contributed by atoms with van der Waals surface area (Å²) >= 11 is 0. The number of aromatic nitrogens is 3. The van der Waals surface area contributed by atoms with Crippen LogP contribution >= 0.6 is 0 Å². The highest BCUT2D eigenvalue weighted by molar-refractivity contribution is 5.50. The minimum Gasteiger partial charge on any atom is -0.294 e. The van der Waals surface area contributed by atoms with E-state index in [0.29, 0.717) is 0 Å². The first-order valence-corrected chi connectivity index (χ1v) is 5.52. The summed E-state index contributed by atoms with van der Waals surface area (Å²) in [7, 11) is 0. The van der Waals surface area contributed by atoms with Gasteiger partial charge in [0.15, 0.2) is 5.65 Å². The van der Waals surface area contributed by atoms with Crippen molar-refractivity contribution in [2.24, 2.45) is 0 Å². The number of nitrogens with zero attached hydrogens (tertiary/aromatic N) is 2. The molecule has 4 heteroatoms. The van der Waals surface area contributed by atoms with Crippen molar-refractivity contribution in [1.29, 1.82) is 0 Å². The van der Waals surface area contributed by atoms with Crippen molar-refractivity contribution in [3.05, 3.63) is 32.9 Å². The van der Waals surface area contributed by atoms with Crippen molar-refractivity contribution < 1.29 is 0 Å². The first-order valence-electron chi connectivity index (χ1n) is 5.52. The van der Waals surface area contributed by atoms with Crippen molar-refractivity contribution in [3.8, 4) is 0 Å². The highest BCUT2D eigenvalue weighted by Crippen LogP contribution is 2.16. The molecule has 0 aromatic carbocycles. The lowest BCUT2D eigenvalue weighted by Crippen LogP contribution is -2.22. The zero-order valence-corrected chi connectivity index (χ0v) is 10.4. The molecular formula is C12H17N3O. The van der Waals surface area contributed by atoms with Crippen LogP contribution in [0.4, 0.5) is 0 Å². The smallest absolute Gasteiger partial charge is 0.276 e. The molecule has 4 nitrogen and oxygen atoms in total. The molecule has 2 rings (SSSR count). The van der Waals surface area contributed by atoms with Crippen LogP contribution in [0.3, 0.4) is 0 Å². The quantitative estimate of drug-likeness (QED) is 0.798. The molecular weight excluding hydrogens is 202 g/mol. The number of fused-ring (bicyclic) bond motifs is 1. The average molecular weight is 219 g/mol. The fraction of sp³-hybridized carbons (Fsp3) is 0.500. The molecule has 2 aromatic rings. The van der Waals surface area contributed by atoms with Gasteiger partial charge in [-0.2, -0.15) is 0 Å². The summed E-state index contributed by atoms with van der Waals surface area (Å²) < 4.78 is 1.55. The first kappa shape index (κ1) is 10.9. The fourth-order valence-corrected chi connectivity index (χ4v) is 2.08. The molecule has 0 unspecified atom stereocenters. The van der Waals surface area contributed by atoms with Gasteiger partial charge < -0.3 is 0 Å². The molecule has 0 spiro atoms. The van der Waals surface area contributed by atoms with E-state index in [9.17, 15) is 4.79 Å². The molecule has 0 atom stereocenters. The van der Waals surface area contributed by atoms with E-state index >= 15 is 0 Å². The van der Waals surface area contributed by atoms with Crippen molar-refractivity contribution in [3.63, 3.8) is 0 Å². The molecule has 0 fully saturated rings. The molecule has 16 heavy (non-hydrogen) atoms. The summed E-state index contributed by atoms with van der Waals surface area (Å²) in [6.07, 6.45) is 0. The molecule has 1 N–H and O–H groups in total. The van der Waals surface area contributed by atoms with Crippen LogP contribution in [0.25, 0.3) is 5.65 Å². The van der Waals surface area contributed by atoms with Gasteiger partial charge in [-0.05, 0) is 26.7 Å². The standard InChI is InChI=1S/C12H17N3O/c1-6(2)10-9(5)13-11-7(3)8(4)14-15(11)12(10)16/h6,14H,1-5H3. The van der Waals surface area contributed by atoms with Crippen LogP contribution in [0.1, 0.15) is 42.3 Å². The van der Waals surface area contributed by atoms with E-state index in [1.54, 1.807) is 4.52 Å². The van der Waals surface area contributed by atoms with Crippen molar-refractivity contribution in [1.82, 2.24) is 14.6 Å². The van der Waals surface area contributed by atoms with E-state index in [0.717, 1.165) is 28.2 Å². The van der Waals surface area contributed by atoms with E-state index in [4.69, 9.17) is 0 Å². The summed E-state index contributed by atoms with van der Waals surface area (Å²) in [6.45, 7) is 9.86. The second-order valence-electron chi connectivity index (χ2n) is 4.59. The van der Waals surface area contributed by atoms with Gasteiger partial charge in [0.25, 0.3) is 5.56 Å². The predicted molar refractivity (Wildman–Crippen MR) is 64.1 cm³/mol. The number of H-pyrrole nitrogens is 1. The Kier molecular flexibility index (Phi) is 2.37. The van der Waals surface area contributed by atoms with Crippen LogP contribution in [0.15, 0.2) is 4.79 Å². The maximum atomic E-state index is 12.2. The summed E-state index contributed by atoms with van der Waals surface area (Å²) in [5.41, 5.74) is 4.42. The molecule has 0 aliphatic heterocycles. The molecule has 0 amide bonds. The van der Waals surface area contributed by atoms with Gasteiger partial charge >= 0.3 is 0 Å². The Hall–Kier alpha value is -1.58. The van der Waals surface area contributed by atoms with Gasteiger partial charge in [-0.15, -0.1) is 0 Å². The van der Waals surface area contributed by atoms with Gasteiger partial charge in [-0.25, -0.2) is 9.50 Å². The normalized spacial score (nSPS) is 11.6. The maximum Gasteiger partial charge on any atom is 0.276 e. The number of aryl methyl sites for hydroxylation is 3. The molecule has 0 bridgehead atoms. The van der Waals surface area contributed by atoms with Crippen LogP contribution < -0.4 is 5.56 Å². The third-order valence-corrected chi connectivity index (χ3v) is 3.06. The second kappa shape index (κ2) is 3.47. The Bertz CT molecular complexity index is 605. The minimum absolute atomic E-state index is 0.0219. The first-order chi connectivity index (χ1) is 7.43. The van der Waals surface area contributed by atoms with Crippen molar-refractivity contribution in [2.75, 3.05) is 0 Å². The Labute approximate surface area is 94.3 Å². The Morgan fingerprint density at radius 1 is 1.25 bits per heavy atom. The third kappa shape index (κ3) is 1.37. The van der Waals surface area contributed by atoms with Gasteiger partial charge in [-0.1, -0.05) is 13.8 Å². The fourth-order valence-electron chi connectivity index (χ4n) is 2.08. The number of hydrogen-bond donors (Lipinski definition) is 1. The summed E-state index contributed by atoms with van der Waals surface area (Å²) in [5, 5.41) is 3.06. The number of nitrogens with one attached hydrogen (secondary N) is 1. The van der Waals surface area contributed by atoms with Crippen LogP contribution in [0.2, 0.25) is 0 Å². The molecule has 2 aromatic heterocycles. The summed E-state index contributed by atoms with van der Waals surface area (Å²) in [6, 6.07) is 0.